The molecule has 1 unspecified atom stereocenters. The summed E-state index contributed by atoms with van der Waals surface area (Å²) in [6, 6.07) is 4.44. The van der Waals surface area contributed by atoms with Crippen LogP contribution in [0.5, 0.6) is 0 Å². The number of rotatable bonds is 4. The van der Waals surface area contributed by atoms with Gasteiger partial charge in [-0.2, -0.15) is 0 Å². The Morgan fingerprint density at radius 3 is 2.67 bits per heavy atom. The molecule has 4 heteroatoms. The van der Waals surface area contributed by atoms with Crippen LogP contribution in [-0.2, 0) is 4.79 Å². The third kappa shape index (κ3) is 3.91. The Morgan fingerprint density at radius 1 is 1.38 bits per heavy atom. The van der Waals surface area contributed by atoms with Gasteiger partial charge in [-0.25, -0.2) is 0 Å². The first-order valence-corrected chi connectivity index (χ1v) is 7.73. The molecule has 1 saturated heterocycles. The highest BCUT2D eigenvalue weighted by Crippen LogP contribution is 2.21. The maximum Gasteiger partial charge on any atom is 0.249 e. The zero-order chi connectivity index (χ0) is 15.2. The molecule has 0 aromatic carbocycles. The molecule has 2 rings (SSSR count). The zero-order valence-corrected chi connectivity index (χ0v) is 13.2. The van der Waals surface area contributed by atoms with Crippen molar-refractivity contribution in [2.45, 2.75) is 33.2 Å². The van der Waals surface area contributed by atoms with E-state index >= 15 is 0 Å². The third-order valence-electron chi connectivity index (χ3n) is 4.16. The number of nitrogens with zero attached hydrogens (tertiary/aromatic N) is 3. The predicted octanol–water partition coefficient (Wildman–Crippen LogP) is 2.64. The van der Waals surface area contributed by atoms with E-state index in [0.29, 0.717) is 6.04 Å². The van der Waals surface area contributed by atoms with Gasteiger partial charge in [0, 0.05) is 50.2 Å². The molecule has 1 amide bonds. The summed E-state index contributed by atoms with van der Waals surface area (Å²) in [4.78, 5) is 20.8. The lowest BCUT2D eigenvalue weighted by Gasteiger charge is -2.38. The van der Waals surface area contributed by atoms with Gasteiger partial charge in [0.2, 0.25) is 5.91 Å². The summed E-state index contributed by atoms with van der Waals surface area (Å²) >= 11 is 0. The van der Waals surface area contributed by atoms with E-state index in [1.165, 1.54) is 5.56 Å². The predicted molar refractivity (Wildman–Crippen MR) is 84.9 cm³/mol. The number of aromatic nitrogens is 1. The zero-order valence-electron chi connectivity index (χ0n) is 13.2. The van der Waals surface area contributed by atoms with Gasteiger partial charge in [-0.15, -0.1) is 0 Å². The average molecular weight is 287 g/mol. The van der Waals surface area contributed by atoms with Crippen molar-refractivity contribution < 1.29 is 4.79 Å². The molecule has 1 aromatic rings. The SMILES string of the molecule is CCC=C(C)C(=O)N1CCN(C(C)c2cccnc2)CC1. The van der Waals surface area contributed by atoms with Crippen molar-refractivity contribution in [1.82, 2.24) is 14.8 Å². The fourth-order valence-electron chi connectivity index (χ4n) is 2.79. The Labute approximate surface area is 127 Å². The van der Waals surface area contributed by atoms with Gasteiger partial charge in [0.25, 0.3) is 0 Å². The van der Waals surface area contributed by atoms with Crippen LogP contribution in [0.15, 0.2) is 36.2 Å². The van der Waals surface area contributed by atoms with Gasteiger partial charge in [0.05, 0.1) is 0 Å². The van der Waals surface area contributed by atoms with Crippen LogP contribution in [0.4, 0.5) is 0 Å². The topological polar surface area (TPSA) is 36.4 Å². The summed E-state index contributed by atoms with van der Waals surface area (Å²) in [5.74, 6) is 0.186. The summed E-state index contributed by atoms with van der Waals surface area (Å²) in [6.45, 7) is 9.62. The molecule has 1 atom stereocenters. The molecule has 1 aliphatic heterocycles. The number of carbonyl (C=O) groups is 1. The Hall–Kier alpha value is -1.68. The second kappa shape index (κ2) is 7.36. The highest BCUT2D eigenvalue weighted by Gasteiger charge is 2.25. The minimum absolute atomic E-state index is 0.186. The highest BCUT2D eigenvalue weighted by atomic mass is 16.2. The first-order chi connectivity index (χ1) is 10.1. The molecule has 0 spiro atoms. The molecular weight excluding hydrogens is 262 g/mol. The number of hydrogen-bond donors (Lipinski definition) is 0. The van der Waals surface area contributed by atoms with Crippen molar-refractivity contribution in [3.63, 3.8) is 0 Å². The largest absolute Gasteiger partial charge is 0.336 e. The molecule has 21 heavy (non-hydrogen) atoms. The lowest BCUT2D eigenvalue weighted by molar-refractivity contribution is -0.129. The number of hydrogen-bond acceptors (Lipinski definition) is 3. The van der Waals surface area contributed by atoms with Crippen LogP contribution in [0.2, 0.25) is 0 Å². The fourth-order valence-corrected chi connectivity index (χ4v) is 2.79. The molecule has 114 valence electrons. The third-order valence-corrected chi connectivity index (χ3v) is 4.16. The Balaban J connectivity index is 1.91. The van der Waals surface area contributed by atoms with Crippen molar-refractivity contribution in [2.24, 2.45) is 0 Å². The van der Waals surface area contributed by atoms with E-state index in [1.54, 1.807) is 6.20 Å². The maximum absolute atomic E-state index is 12.3. The number of piperazine rings is 1. The summed E-state index contributed by atoms with van der Waals surface area (Å²) < 4.78 is 0. The van der Waals surface area contributed by atoms with Gasteiger partial charge in [0.15, 0.2) is 0 Å². The molecule has 0 saturated carbocycles. The van der Waals surface area contributed by atoms with E-state index in [0.717, 1.165) is 38.2 Å². The van der Waals surface area contributed by atoms with Gasteiger partial charge in [-0.1, -0.05) is 19.1 Å². The van der Waals surface area contributed by atoms with Gasteiger partial charge >= 0.3 is 0 Å². The maximum atomic E-state index is 12.3. The van der Waals surface area contributed by atoms with Crippen molar-refractivity contribution in [3.05, 3.63) is 41.7 Å². The van der Waals surface area contributed by atoms with Gasteiger partial charge in [-0.3, -0.25) is 14.7 Å². The van der Waals surface area contributed by atoms with Gasteiger partial charge < -0.3 is 4.90 Å². The van der Waals surface area contributed by atoms with Crippen LogP contribution in [-0.4, -0.2) is 46.9 Å². The second-order valence-electron chi connectivity index (χ2n) is 5.59. The molecule has 4 nitrogen and oxygen atoms in total. The van der Waals surface area contributed by atoms with Crippen molar-refractivity contribution >= 4 is 5.91 Å². The highest BCUT2D eigenvalue weighted by molar-refractivity contribution is 5.92. The fraction of sp³-hybridized carbons (Fsp3) is 0.529. The van der Waals surface area contributed by atoms with Crippen LogP contribution in [0, 0.1) is 0 Å². The molecular formula is C17H25N3O. The molecule has 2 heterocycles. The van der Waals surface area contributed by atoms with Crippen LogP contribution in [0.1, 0.15) is 38.8 Å². The van der Waals surface area contributed by atoms with E-state index in [4.69, 9.17) is 0 Å². The second-order valence-corrected chi connectivity index (χ2v) is 5.59. The number of amides is 1. The smallest absolute Gasteiger partial charge is 0.249 e. The van der Waals surface area contributed by atoms with Crippen LogP contribution >= 0.6 is 0 Å². The lowest BCUT2D eigenvalue weighted by atomic mass is 10.1. The number of allylic oxidation sites excluding steroid dienone is 1. The number of pyridine rings is 1. The summed E-state index contributed by atoms with van der Waals surface area (Å²) in [6.07, 6.45) is 6.65. The Morgan fingerprint density at radius 2 is 2.10 bits per heavy atom. The summed E-state index contributed by atoms with van der Waals surface area (Å²) in [7, 11) is 0. The molecule has 1 aliphatic rings. The Bertz CT molecular complexity index is 490. The first-order valence-electron chi connectivity index (χ1n) is 7.73. The molecule has 0 radical (unpaired) electrons. The lowest BCUT2D eigenvalue weighted by Crippen LogP contribution is -2.49. The van der Waals surface area contributed by atoms with E-state index in [2.05, 4.69) is 29.8 Å². The van der Waals surface area contributed by atoms with Crippen LogP contribution < -0.4 is 0 Å². The quantitative estimate of drug-likeness (QED) is 0.799. The standard InChI is InChI=1S/C17H25N3O/c1-4-6-14(2)17(21)20-11-9-19(10-12-20)15(3)16-7-5-8-18-13-16/h5-8,13,15H,4,9-12H2,1-3H3. The van der Waals surface area contributed by atoms with Crippen LogP contribution in [0.3, 0.4) is 0 Å². The van der Waals surface area contributed by atoms with Crippen LogP contribution in [0.25, 0.3) is 0 Å². The van der Waals surface area contributed by atoms with Crippen molar-refractivity contribution in [2.75, 3.05) is 26.2 Å². The van der Waals surface area contributed by atoms with Crippen molar-refractivity contribution in [3.8, 4) is 0 Å². The normalized spacial score (nSPS) is 18.6. The van der Waals surface area contributed by atoms with Gasteiger partial charge in [-0.05, 0) is 31.9 Å². The molecule has 1 fully saturated rings. The average Bonchev–Trinajstić information content (AvgIpc) is 2.54. The van der Waals surface area contributed by atoms with E-state index in [9.17, 15) is 4.79 Å². The van der Waals surface area contributed by atoms with E-state index in [1.807, 2.05) is 30.2 Å². The first kappa shape index (κ1) is 15.7. The summed E-state index contributed by atoms with van der Waals surface area (Å²) in [5, 5.41) is 0. The number of carbonyl (C=O) groups excluding carboxylic acids is 1. The molecule has 0 N–H and O–H groups in total. The molecule has 0 aliphatic carbocycles. The van der Waals surface area contributed by atoms with Gasteiger partial charge in [0.1, 0.15) is 0 Å². The van der Waals surface area contributed by atoms with Crippen molar-refractivity contribution in [1.29, 1.82) is 0 Å². The monoisotopic (exact) mass is 287 g/mol. The minimum atomic E-state index is 0.186. The van der Waals surface area contributed by atoms with E-state index in [-0.39, 0.29) is 5.91 Å². The minimum Gasteiger partial charge on any atom is -0.336 e. The summed E-state index contributed by atoms with van der Waals surface area (Å²) in [5.41, 5.74) is 2.10. The molecule has 1 aromatic heterocycles. The molecule has 0 bridgehead atoms. The van der Waals surface area contributed by atoms with E-state index < -0.39 is 0 Å². The Kier molecular flexibility index (Phi) is 5.51.